The molecule has 0 spiro atoms. The van der Waals surface area contributed by atoms with Crippen molar-refractivity contribution < 1.29 is 5.11 Å². The van der Waals surface area contributed by atoms with E-state index in [1.807, 2.05) is 13.0 Å². The fourth-order valence-electron chi connectivity index (χ4n) is 4.95. The number of aliphatic hydroxyl groups is 1. The monoisotopic (exact) mass is 431 g/mol. The van der Waals surface area contributed by atoms with Gasteiger partial charge in [-0.25, -0.2) is 4.98 Å². The normalized spacial score (nSPS) is 23.2. The van der Waals surface area contributed by atoms with Crippen molar-refractivity contribution in [3.63, 3.8) is 0 Å². The van der Waals surface area contributed by atoms with Crippen molar-refractivity contribution in [2.24, 2.45) is 0 Å². The minimum atomic E-state index is -0.505. The summed E-state index contributed by atoms with van der Waals surface area (Å²) >= 11 is 0. The third kappa shape index (κ3) is 4.68. The van der Waals surface area contributed by atoms with Gasteiger partial charge in [0.05, 0.1) is 29.7 Å². The van der Waals surface area contributed by atoms with Gasteiger partial charge in [-0.2, -0.15) is 0 Å². The number of aliphatic hydroxyl groups excluding tert-OH is 1. The van der Waals surface area contributed by atoms with E-state index in [1.165, 1.54) is 11.8 Å². The maximum Gasteiger partial charge on any atom is 0.261 e. The Labute approximate surface area is 190 Å². The zero-order valence-corrected chi connectivity index (χ0v) is 18.9. The zero-order chi connectivity index (χ0) is 22.7. The highest BCUT2D eigenvalue weighted by Crippen LogP contribution is 2.37. The molecule has 0 saturated heterocycles. The lowest BCUT2D eigenvalue weighted by molar-refractivity contribution is 0.0732. The number of rotatable bonds is 6. The van der Waals surface area contributed by atoms with E-state index in [0.29, 0.717) is 12.0 Å². The van der Waals surface area contributed by atoms with Crippen LogP contribution in [-0.2, 0) is 0 Å². The van der Waals surface area contributed by atoms with E-state index < -0.39 is 6.10 Å². The Morgan fingerprint density at radius 3 is 2.75 bits per heavy atom. The van der Waals surface area contributed by atoms with Crippen LogP contribution in [-0.4, -0.2) is 27.0 Å². The largest absolute Gasteiger partial charge is 0.391 e. The van der Waals surface area contributed by atoms with Crippen LogP contribution in [0.25, 0.3) is 11.6 Å². The van der Waals surface area contributed by atoms with Crippen LogP contribution in [0.3, 0.4) is 0 Å². The van der Waals surface area contributed by atoms with E-state index in [9.17, 15) is 9.90 Å². The van der Waals surface area contributed by atoms with Gasteiger partial charge in [0, 0.05) is 6.21 Å². The molecule has 1 aromatic heterocycles. The van der Waals surface area contributed by atoms with Gasteiger partial charge in [-0.05, 0) is 80.2 Å². The second kappa shape index (κ2) is 9.78. The van der Waals surface area contributed by atoms with Crippen molar-refractivity contribution in [2.75, 3.05) is 0 Å². The number of hydrogen-bond donors (Lipinski definition) is 2. The molecule has 1 saturated carbocycles. The Bertz CT molecular complexity index is 1100. The van der Waals surface area contributed by atoms with Gasteiger partial charge in [0.2, 0.25) is 0 Å². The summed E-state index contributed by atoms with van der Waals surface area (Å²) in [5.41, 5.74) is 6.68. The van der Waals surface area contributed by atoms with E-state index in [4.69, 9.17) is 10.4 Å². The number of hydrogen-bond acceptors (Lipinski definition) is 4. The first-order chi connectivity index (χ1) is 15.5. The quantitative estimate of drug-likeness (QED) is 0.458. The van der Waals surface area contributed by atoms with Crippen LogP contribution in [0.2, 0.25) is 0 Å². The third-order valence-corrected chi connectivity index (χ3v) is 6.74. The predicted molar refractivity (Wildman–Crippen MR) is 131 cm³/mol. The average Bonchev–Trinajstić information content (AvgIpc) is 3.11. The Kier molecular flexibility index (Phi) is 6.85. The molecule has 4 rings (SSSR count). The van der Waals surface area contributed by atoms with E-state index in [-0.39, 0.29) is 11.6 Å². The van der Waals surface area contributed by atoms with Crippen LogP contribution in [0.5, 0.6) is 0 Å². The first-order valence-electron chi connectivity index (χ1n) is 11.7. The van der Waals surface area contributed by atoms with Gasteiger partial charge in [0.1, 0.15) is 0 Å². The summed E-state index contributed by atoms with van der Waals surface area (Å²) in [5, 5.41) is 18.4. The molecule has 168 valence electrons. The Morgan fingerprint density at radius 2 is 2.03 bits per heavy atom. The second-order valence-corrected chi connectivity index (χ2v) is 9.28. The van der Waals surface area contributed by atoms with E-state index in [0.717, 1.165) is 79.4 Å². The van der Waals surface area contributed by atoms with Gasteiger partial charge in [-0.3, -0.25) is 9.36 Å². The van der Waals surface area contributed by atoms with Gasteiger partial charge in [-0.15, -0.1) is 0 Å². The SMILES string of the molecule is C=C(C)C/C=C(\C=N)CC1=Cc2c(ncn(C3CCCCC3O)c2=O)C2=CCCC=C1C2. The summed E-state index contributed by atoms with van der Waals surface area (Å²) in [6.45, 7) is 5.95. The molecule has 1 aromatic rings. The summed E-state index contributed by atoms with van der Waals surface area (Å²) in [4.78, 5) is 18.4. The Morgan fingerprint density at radius 1 is 1.28 bits per heavy atom. The summed E-state index contributed by atoms with van der Waals surface area (Å²) < 4.78 is 1.66. The van der Waals surface area contributed by atoms with Crippen LogP contribution in [0.1, 0.15) is 82.0 Å². The molecule has 0 aromatic carbocycles. The van der Waals surface area contributed by atoms with Gasteiger partial charge >= 0.3 is 0 Å². The molecule has 3 aliphatic rings. The highest BCUT2D eigenvalue weighted by Gasteiger charge is 2.28. The maximum absolute atomic E-state index is 13.7. The fraction of sp³-hybridized carbons (Fsp3) is 0.444. The van der Waals surface area contributed by atoms with E-state index >= 15 is 0 Å². The van der Waals surface area contributed by atoms with E-state index in [2.05, 4.69) is 24.8 Å². The Hall–Kier alpha value is -2.79. The predicted octanol–water partition coefficient (Wildman–Crippen LogP) is 5.54. The molecule has 0 aliphatic heterocycles. The zero-order valence-electron chi connectivity index (χ0n) is 18.9. The summed E-state index contributed by atoms with van der Waals surface area (Å²) in [5.74, 6) is 0. The van der Waals surface area contributed by atoms with Crippen molar-refractivity contribution >= 4 is 17.9 Å². The standard InChI is InChI=1S/C27H33N3O2/c1-18(2)11-12-19(16-28)13-22-15-23-26(21-8-4-3-7-20(22)14-21)29-17-30(27(23)32)24-9-5-6-10-25(24)31/h7-8,12,15-17,24-25,28,31H,1,3-6,9-11,13-14H2,2H3/b19-12-,28-16?. The molecule has 2 unspecified atom stereocenters. The number of fused-ring (bicyclic) bond motifs is 4. The average molecular weight is 432 g/mol. The third-order valence-electron chi connectivity index (χ3n) is 6.74. The molecule has 2 bridgehead atoms. The molecule has 3 aliphatic carbocycles. The summed E-state index contributed by atoms with van der Waals surface area (Å²) in [7, 11) is 0. The topological polar surface area (TPSA) is 79.0 Å². The molecule has 5 heteroatoms. The van der Waals surface area contributed by atoms with E-state index in [1.54, 1.807) is 10.9 Å². The minimum Gasteiger partial charge on any atom is -0.391 e. The van der Waals surface area contributed by atoms with Crippen molar-refractivity contribution in [1.82, 2.24) is 9.55 Å². The molecular formula is C27H33N3O2. The van der Waals surface area contributed by atoms with Crippen LogP contribution in [0, 0.1) is 5.41 Å². The highest BCUT2D eigenvalue weighted by atomic mass is 16.3. The number of nitrogens with one attached hydrogen (secondary N) is 1. The molecule has 0 radical (unpaired) electrons. The molecule has 2 N–H and O–H groups in total. The highest BCUT2D eigenvalue weighted by molar-refractivity contribution is 5.82. The number of allylic oxidation sites excluding steroid dienone is 8. The first kappa shape index (κ1) is 22.4. The lowest BCUT2D eigenvalue weighted by atomic mass is 9.92. The molecule has 2 atom stereocenters. The van der Waals surface area contributed by atoms with Crippen molar-refractivity contribution in [1.29, 1.82) is 5.41 Å². The first-order valence-corrected chi connectivity index (χ1v) is 11.7. The molecule has 1 fully saturated rings. The summed E-state index contributed by atoms with van der Waals surface area (Å²) in [6.07, 6.45) is 18.6. The van der Waals surface area contributed by atoms with Crippen LogP contribution < -0.4 is 5.56 Å². The smallest absolute Gasteiger partial charge is 0.261 e. The molecule has 32 heavy (non-hydrogen) atoms. The minimum absolute atomic E-state index is 0.0755. The van der Waals surface area contributed by atoms with Crippen LogP contribution >= 0.6 is 0 Å². The van der Waals surface area contributed by atoms with Crippen LogP contribution in [0.4, 0.5) is 0 Å². The fourth-order valence-corrected chi connectivity index (χ4v) is 4.95. The second-order valence-electron chi connectivity index (χ2n) is 9.28. The molecule has 0 amide bonds. The van der Waals surface area contributed by atoms with Crippen molar-refractivity contribution in [3.05, 3.63) is 75.0 Å². The van der Waals surface area contributed by atoms with Gasteiger partial charge in [0.15, 0.2) is 0 Å². The lowest BCUT2D eigenvalue weighted by Gasteiger charge is -2.29. The Balaban J connectivity index is 1.81. The maximum atomic E-state index is 13.7. The lowest BCUT2D eigenvalue weighted by Crippen LogP contribution is -2.36. The van der Waals surface area contributed by atoms with Crippen molar-refractivity contribution in [2.45, 2.75) is 76.9 Å². The van der Waals surface area contributed by atoms with Gasteiger partial charge in [-0.1, -0.05) is 43.2 Å². The molecule has 5 nitrogen and oxygen atoms in total. The number of nitrogens with zero attached hydrogens (tertiary/aromatic N) is 2. The summed E-state index contributed by atoms with van der Waals surface area (Å²) in [6, 6.07) is -0.211. The van der Waals surface area contributed by atoms with Crippen LogP contribution in [0.15, 0.2) is 58.2 Å². The number of aromatic nitrogens is 2. The van der Waals surface area contributed by atoms with Crippen molar-refractivity contribution in [3.8, 4) is 0 Å². The van der Waals surface area contributed by atoms with Gasteiger partial charge < -0.3 is 10.5 Å². The molecule has 1 heterocycles. The molecular weight excluding hydrogens is 398 g/mol. The van der Waals surface area contributed by atoms with Gasteiger partial charge in [0.25, 0.3) is 5.56 Å².